The molecule has 142 valence electrons. The summed E-state index contributed by atoms with van der Waals surface area (Å²) in [6.45, 7) is 0. The minimum atomic E-state index is -7.10. The van der Waals surface area contributed by atoms with E-state index in [9.17, 15) is 48.3 Å². The molecule has 1 aromatic rings. The second-order valence-electron chi connectivity index (χ2n) is 4.71. The molecular formula is C12H7ClF8O3S. The van der Waals surface area contributed by atoms with E-state index in [-0.39, 0.29) is 0 Å². The molecule has 13 heteroatoms. The summed E-state index contributed by atoms with van der Waals surface area (Å²) in [4.78, 5) is 11.6. The molecule has 0 radical (unpaired) electrons. The molecule has 0 spiro atoms. The maximum Gasteiger partial charge on any atom is 0.414 e. The van der Waals surface area contributed by atoms with Gasteiger partial charge in [0.15, 0.2) is 5.78 Å². The number of carbonyl (C=O) groups is 1. The largest absolute Gasteiger partial charge is 0.414 e. The maximum absolute atomic E-state index is 13.5. The van der Waals surface area contributed by atoms with Crippen LogP contribution in [0.25, 0.3) is 0 Å². The minimum Gasteiger partial charge on any atom is -0.293 e. The van der Waals surface area contributed by atoms with Gasteiger partial charge in [0, 0.05) is 5.56 Å². The number of sulfone groups is 1. The van der Waals surface area contributed by atoms with Gasteiger partial charge < -0.3 is 0 Å². The van der Waals surface area contributed by atoms with Crippen LogP contribution in [0, 0.1) is 0 Å². The van der Waals surface area contributed by atoms with Gasteiger partial charge in [-0.1, -0.05) is 30.3 Å². The van der Waals surface area contributed by atoms with Gasteiger partial charge >= 0.3 is 22.5 Å². The van der Waals surface area contributed by atoms with E-state index in [1.165, 1.54) is 18.2 Å². The van der Waals surface area contributed by atoms with E-state index in [1.54, 1.807) is 0 Å². The summed E-state index contributed by atoms with van der Waals surface area (Å²) in [5.41, 5.74) is -0.500. The molecule has 0 amide bonds. The zero-order valence-electron chi connectivity index (χ0n) is 11.6. The van der Waals surface area contributed by atoms with Crippen LogP contribution in [0.5, 0.6) is 0 Å². The van der Waals surface area contributed by atoms with E-state index in [1.807, 2.05) is 0 Å². The molecule has 0 heterocycles. The smallest absolute Gasteiger partial charge is 0.293 e. The SMILES string of the molecule is O=C(CS(=O)(=O)C(F)(F)C(F)(F)C(F)(F)C(F)(F)Cl)c1ccccc1. The Morgan fingerprint density at radius 2 is 1.32 bits per heavy atom. The number of carbonyl (C=O) groups excluding carboxylic acids is 1. The Balaban J connectivity index is 3.29. The molecule has 1 rings (SSSR count). The van der Waals surface area contributed by atoms with E-state index in [0.717, 1.165) is 12.1 Å². The second-order valence-corrected chi connectivity index (χ2v) is 7.22. The van der Waals surface area contributed by atoms with E-state index in [0.29, 0.717) is 0 Å². The molecule has 0 bridgehead atoms. The van der Waals surface area contributed by atoms with Crippen LogP contribution in [-0.2, 0) is 9.84 Å². The molecule has 0 fully saturated rings. The highest BCUT2D eigenvalue weighted by molar-refractivity contribution is 7.93. The normalized spacial score (nSPS) is 14.4. The molecule has 0 aliphatic heterocycles. The summed E-state index contributed by atoms with van der Waals surface area (Å²) >= 11 is 3.71. The first-order chi connectivity index (χ1) is 11.0. The van der Waals surface area contributed by atoms with Crippen molar-refractivity contribution < 1.29 is 48.3 Å². The van der Waals surface area contributed by atoms with Gasteiger partial charge in [-0.3, -0.25) is 4.79 Å². The van der Waals surface area contributed by atoms with Crippen molar-refractivity contribution in [3.05, 3.63) is 35.9 Å². The van der Waals surface area contributed by atoms with Crippen LogP contribution in [0.3, 0.4) is 0 Å². The molecule has 25 heavy (non-hydrogen) atoms. The molecule has 1 aromatic carbocycles. The molecular weight excluding hydrogens is 412 g/mol. The minimum absolute atomic E-state index is 0.500. The highest BCUT2D eigenvalue weighted by Gasteiger charge is 2.84. The number of Topliss-reactive ketones (excluding diaryl/α,β-unsaturated/α-hetero) is 1. The van der Waals surface area contributed by atoms with Gasteiger partial charge in [0.1, 0.15) is 5.75 Å². The Morgan fingerprint density at radius 1 is 0.880 bits per heavy atom. The average molecular weight is 419 g/mol. The summed E-state index contributed by atoms with van der Waals surface area (Å²) < 4.78 is 127. The highest BCUT2D eigenvalue weighted by Crippen LogP contribution is 2.55. The summed E-state index contributed by atoms with van der Waals surface area (Å²) in [5.74, 6) is -18.0. The van der Waals surface area contributed by atoms with Gasteiger partial charge in [0.25, 0.3) is 0 Å². The van der Waals surface area contributed by atoms with Crippen molar-refractivity contribution in [1.82, 2.24) is 0 Å². The Morgan fingerprint density at radius 3 is 1.72 bits per heavy atom. The zero-order valence-corrected chi connectivity index (χ0v) is 13.2. The van der Waals surface area contributed by atoms with Crippen LogP contribution in [0.15, 0.2) is 30.3 Å². The third-order valence-corrected chi connectivity index (χ3v) is 4.84. The van der Waals surface area contributed by atoms with Crippen molar-refractivity contribution in [2.24, 2.45) is 0 Å². The first-order valence-corrected chi connectivity index (χ1v) is 8.03. The monoisotopic (exact) mass is 418 g/mol. The molecule has 3 nitrogen and oxygen atoms in total. The topological polar surface area (TPSA) is 51.2 Å². The first-order valence-electron chi connectivity index (χ1n) is 6.00. The Bertz CT molecular complexity index is 743. The Kier molecular flexibility index (Phi) is 5.52. The number of alkyl halides is 9. The van der Waals surface area contributed by atoms with Crippen LogP contribution >= 0.6 is 11.6 Å². The van der Waals surface area contributed by atoms with Gasteiger partial charge in [-0.05, 0) is 11.6 Å². The fraction of sp³-hybridized carbons (Fsp3) is 0.417. The van der Waals surface area contributed by atoms with Crippen molar-refractivity contribution in [2.45, 2.75) is 22.5 Å². The molecule has 0 aliphatic rings. The van der Waals surface area contributed by atoms with Crippen LogP contribution in [0.2, 0.25) is 0 Å². The second kappa shape index (κ2) is 6.38. The maximum atomic E-state index is 13.5. The highest BCUT2D eigenvalue weighted by atomic mass is 35.5. The number of hydrogen-bond donors (Lipinski definition) is 0. The molecule has 0 saturated heterocycles. The Labute approximate surface area is 140 Å². The number of hydrogen-bond acceptors (Lipinski definition) is 3. The van der Waals surface area contributed by atoms with E-state index in [2.05, 4.69) is 11.6 Å². The van der Waals surface area contributed by atoms with Gasteiger partial charge in [0.05, 0.1) is 0 Å². The standard InChI is InChI=1S/C12H7ClF8O3S/c13-11(18,19)9(14,15)10(16,17)12(20,21)25(23,24)6-8(22)7-4-2-1-3-5-7/h1-5H,6H2. The lowest BCUT2D eigenvalue weighted by molar-refractivity contribution is -0.326. The lowest BCUT2D eigenvalue weighted by Crippen LogP contribution is -2.63. The van der Waals surface area contributed by atoms with Crippen molar-refractivity contribution in [2.75, 3.05) is 5.75 Å². The van der Waals surface area contributed by atoms with E-state index >= 15 is 0 Å². The number of halogens is 9. The van der Waals surface area contributed by atoms with Crippen LogP contribution < -0.4 is 0 Å². The average Bonchev–Trinajstić information content (AvgIpc) is 2.45. The van der Waals surface area contributed by atoms with Gasteiger partial charge in [-0.15, -0.1) is 0 Å². The summed E-state index contributed by atoms with van der Waals surface area (Å²) in [6, 6.07) is 5.58. The summed E-state index contributed by atoms with van der Waals surface area (Å²) in [6.07, 6.45) is 0. The molecule has 0 aliphatic carbocycles. The molecule has 0 atom stereocenters. The summed E-state index contributed by atoms with van der Waals surface area (Å²) in [5, 5.41) is -12.9. The molecule has 0 unspecified atom stereocenters. The quantitative estimate of drug-likeness (QED) is 0.382. The fourth-order valence-corrected chi connectivity index (χ4v) is 2.86. The van der Waals surface area contributed by atoms with Gasteiger partial charge in [-0.25, -0.2) is 8.42 Å². The van der Waals surface area contributed by atoms with Crippen LogP contribution in [0.4, 0.5) is 35.1 Å². The van der Waals surface area contributed by atoms with Crippen LogP contribution in [0.1, 0.15) is 10.4 Å². The predicted octanol–water partition coefficient (Wildman–Crippen LogP) is 3.98. The zero-order chi connectivity index (χ0) is 19.9. The lowest BCUT2D eigenvalue weighted by Gasteiger charge is -2.33. The molecule has 0 saturated carbocycles. The van der Waals surface area contributed by atoms with Crippen LogP contribution in [-0.4, -0.2) is 42.4 Å². The Hall–Kier alpha value is -1.43. The van der Waals surface area contributed by atoms with Crippen molar-refractivity contribution in [1.29, 1.82) is 0 Å². The third-order valence-electron chi connectivity index (χ3n) is 2.92. The van der Waals surface area contributed by atoms with Gasteiger partial charge in [-0.2, -0.15) is 35.1 Å². The van der Waals surface area contributed by atoms with E-state index in [4.69, 9.17) is 0 Å². The van der Waals surface area contributed by atoms with Crippen molar-refractivity contribution in [3.63, 3.8) is 0 Å². The lowest BCUT2D eigenvalue weighted by atomic mass is 10.1. The van der Waals surface area contributed by atoms with Crippen molar-refractivity contribution >= 4 is 27.2 Å². The first kappa shape index (κ1) is 21.6. The van der Waals surface area contributed by atoms with E-state index < -0.39 is 49.4 Å². The number of ketones is 1. The summed E-state index contributed by atoms with van der Waals surface area (Å²) in [7, 11) is -6.61. The molecule has 0 N–H and O–H groups in total. The molecule has 0 aromatic heterocycles. The number of rotatable bonds is 7. The third kappa shape index (κ3) is 3.59. The van der Waals surface area contributed by atoms with Crippen molar-refractivity contribution in [3.8, 4) is 0 Å². The fourth-order valence-electron chi connectivity index (χ4n) is 1.53. The predicted molar refractivity (Wildman–Crippen MR) is 70.2 cm³/mol. The number of benzene rings is 1. The van der Waals surface area contributed by atoms with Gasteiger partial charge in [0.2, 0.25) is 9.84 Å².